The summed E-state index contributed by atoms with van der Waals surface area (Å²) in [5.41, 5.74) is 3.17. The second-order valence-corrected chi connectivity index (χ2v) is 3.27. The molecule has 2 heterocycles. The van der Waals surface area contributed by atoms with E-state index < -0.39 is 0 Å². The fourth-order valence-corrected chi connectivity index (χ4v) is 1.74. The summed E-state index contributed by atoms with van der Waals surface area (Å²) in [4.78, 5) is 8.37. The normalized spacial score (nSPS) is 11.3. The Labute approximate surface area is 84.9 Å². The molecule has 0 spiro atoms. The summed E-state index contributed by atoms with van der Waals surface area (Å²) in [5.74, 6) is 0. The first-order valence-electron chi connectivity index (χ1n) is 4.56. The van der Waals surface area contributed by atoms with E-state index in [1.807, 2.05) is 24.3 Å². The summed E-state index contributed by atoms with van der Waals surface area (Å²) in [6, 6.07) is 7.69. The van der Waals surface area contributed by atoms with E-state index in [1.165, 1.54) is 11.0 Å². The second kappa shape index (κ2) is 3.01. The maximum Gasteiger partial charge on any atom is 0.147 e. The lowest BCUT2D eigenvalue weighted by Crippen LogP contribution is -2.80. The summed E-state index contributed by atoms with van der Waals surface area (Å²) >= 11 is 0. The molecule has 0 radical (unpaired) electrons. The minimum Gasteiger partial charge on any atom is -0.609 e. The number of fused-ring (bicyclic) bond motifs is 3. The number of nitrogens with zero attached hydrogens (tertiary/aromatic N) is 3. The molecule has 0 saturated carbocycles. The molecule has 3 rings (SSSR count). The maximum absolute atomic E-state index is 10.8. The minimum atomic E-state index is 0.737. The van der Waals surface area contributed by atoms with Gasteiger partial charge in [0.25, 0.3) is 0 Å². The van der Waals surface area contributed by atoms with Crippen molar-refractivity contribution in [2.75, 3.05) is 0 Å². The molecule has 2 aromatic heterocycles. The van der Waals surface area contributed by atoms with Crippen molar-refractivity contribution >= 4 is 21.9 Å². The van der Waals surface area contributed by atoms with E-state index in [0.29, 0.717) is 0 Å². The largest absolute Gasteiger partial charge is 0.609 e. The Bertz CT molecular complexity index is 631. The van der Waals surface area contributed by atoms with E-state index in [0.717, 1.165) is 27.5 Å². The van der Waals surface area contributed by atoms with Crippen LogP contribution in [-0.4, -0.2) is 14.6 Å². The van der Waals surface area contributed by atoms with Gasteiger partial charge >= 0.3 is 0 Å². The number of aromatic nitrogens is 3. The predicted molar refractivity (Wildman–Crippen MR) is 55.7 cm³/mol. The lowest BCUT2D eigenvalue weighted by atomic mass is 10.2. The standard InChI is InChI=1S/C10H8N4O/c15-13-14-6-12-9-5-11-8-4-2-1-3-7(8)10(9)14/h1-6H,13H2. The third-order valence-electron chi connectivity index (χ3n) is 2.42. The van der Waals surface area contributed by atoms with Crippen LogP contribution in [0.2, 0.25) is 0 Å². The number of rotatable bonds is 1. The summed E-state index contributed by atoms with van der Waals surface area (Å²) < 4.78 is 1.47. The van der Waals surface area contributed by atoms with Crippen molar-refractivity contribution in [2.45, 2.75) is 0 Å². The van der Waals surface area contributed by atoms with E-state index in [1.54, 1.807) is 6.20 Å². The van der Waals surface area contributed by atoms with Crippen molar-refractivity contribution in [1.82, 2.24) is 14.6 Å². The lowest BCUT2D eigenvalue weighted by Gasteiger charge is -2.04. The molecule has 0 aliphatic carbocycles. The van der Waals surface area contributed by atoms with Crippen molar-refractivity contribution in [2.24, 2.45) is 0 Å². The van der Waals surface area contributed by atoms with Gasteiger partial charge in [0.05, 0.1) is 11.7 Å². The molecule has 0 atom stereocenters. The quantitative estimate of drug-likeness (QED) is 0.457. The summed E-state index contributed by atoms with van der Waals surface area (Å²) in [6.45, 7) is 0. The Morgan fingerprint density at radius 3 is 2.87 bits per heavy atom. The van der Waals surface area contributed by atoms with Crippen LogP contribution in [0.3, 0.4) is 0 Å². The van der Waals surface area contributed by atoms with Crippen molar-refractivity contribution in [1.29, 1.82) is 0 Å². The van der Waals surface area contributed by atoms with Gasteiger partial charge in [-0.1, -0.05) is 18.2 Å². The van der Waals surface area contributed by atoms with Crippen molar-refractivity contribution < 1.29 is 5.59 Å². The Morgan fingerprint density at radius 1 is 1.13 bits per heavy atom. The van der Waals surface area contributed by atoms with Gasteiger partial charge in [-0.3, -0.25) is 10.6 Å². The Hall–Kier alpha value is -1.98. The van der Waals surface area contributed by atoms with Gasteiger partial charge in [0.2, 0.25) is 0 Å². The molecule has 15 heavy (non-hydrogen) atoms. The van der Waals surface area contributed by atoms with Gasteiger partial charge in [0.1, 0.15) is 17.4 Å². The third-order valence-corrected chi connectivity index (χ3v) is 2.42. The van der Waals surface area contributed by atoms with Crippen LogP contribution in [0.4, 0.5) is 0 Å². The molecule has 0 amide bonds. The van der Waals surface area contributed by atoms with E-state index in [4.69, 9.17) is 0 Å². The molecule has 1 aromatic carbocycles. The highest BCUT2D eigenvalue weighted by Crippen LogP contribution is 2.20. The Kier molecular flexibility index (Phi) is 1.67. The Morgan fingerprint density at radius 2 is 2.00 bits per heavy atom. The fourth-order valence-electron chi connectivity index (χ4n) is 1.74. The molecule has 2 N–H and O–H groups in total. The van der Waals surface area contributed by atoms with Gasteiger partial charge in [0.15, 0.2) is 0 Å². The predicted octanol–water partition coefficient (Wildman–Crippen LogP) is 0.409. The molecule has 5 nitrogen and oxygen atoms in total. The number of quaternary nitrogens is 1. The second-order valence-electron chi connectivity index (χ2n) is 3.27. The molecule has 0 aliphatic rings. The third kappa shape index (κ3) is 1.11. The zero-order valence-electron chi connectivity index (χ0n) is 7.79. The van der Waals surface area contributed by atoms with Crippen LogP contribution in [0.25, 0.3) is 21.9 Å². The first kappa shape index (κ1) is 8.34. The molecule has 0 unspecified atom stereocenters. The van der Waals surface area contributed by atoms with E-state index in [2.05, 4.69) is 9.97 Å². The monoisotopic (exact) mass is 200 g/mol. The number of hydrogen-bond donors (Lipinski definition) is 1. The zero-order chi connectivity index (χ0) is 10.3. The number of nitrogens with two attached hydrogens (primary N) is 1. The number of hydrogen-bond acceptors (Lipinski definition) is 3. The smallest absolute Gasteiger partial charge is 0.147 e. The van der Waals surface area contributed by atoms with Crippen molar-refractivity contribution in [3.05, 3.63) is 42.0 Å². The first-order chi connectivity index (χ1) is 7.40. The van der Waals surface area contributed by atoms with Gasteiger partial charge in [-0.25, -0.2) is 4.98 Å². The number of imidazole rings is 1. The highest BCUT2D eigenvalue weighted by atomic mass is 16.5. The molecule has 0 fully saturated rings. The summed E-state index contributed by atoms with van der Waals surface area (Å²) in [5, 5.41) is 11.8. The summed E-state index contributed by atoms with van der Waals surface area (Å²) in [6.07, 6.45) is 3.18. The molecule has 74 valence electrons. The number of pyridine rings is 1. The average molecular weight is 200 g/mol. The van der Waals surface area contributed by atoms with Crippen LogP contribution in [0.15, 0.2) is 36.8 Å². The average Bonchev–Trinajstić information content (AvgIpc) is 2.72. The molecular weight excluding hydrogens is 192 g/mol. The molecule has 0 saturated heterocycles. The highest BCUT2D eigenvalue weighted by Gasteiger charge is 2.07. The number of para-hydroxylation sites is 1. The van der Waals surface area contributed by atoms with Crippen LogP contribution in [0.5, 0.6) is 0 Å². The van der Waals surface area contributed by atoms with Crippen LogP contribution < -0.4 is 5.59 Å². The first-order valence-corrected chi connectivity index (χ1v) is 4.56. The van der Waals surface area contributed by atoms with Crippen LogP contribution >= 0.6 is 0 Å². The fraction of sp³-hybridized carbons (Fsp3) is 0. The lowest BCUT2D eigenvalue weighted by molar-refractivity contribution is -0.644. The van der Waals surface area contributed by atoms with Gasteiger partial charge in [-0.2, -0.15) is 4.68 Å². The van der Waals surface area contributed by atoms with E-state index >= 15 is 0 Å². The van der Waals surface area contributed by atoms with E-state index in [-0.39, 0.29) is 0 Å². The summed E-state index contributed by atoms with van der Waals surface area (Å²) in [7, 11) is 0. The highest BCUT2D eigenvalue weighted by molar-refractivity contribution is 6.01. The minimum absolute atomic E-state index is 0.737. The van der Waals surface area contributed by atoms with Gasteiger partial charge in [0, 0.05) is 5.39 Å². The molecule has 5 heteroatoms. The zero-order valence-corrected chi connectivity index (χ0v) is 7.79. The van der Waals surface area contributed by atoms with Crippen LogP contribution in [0.1, 0.15) is 0 Å². The Balaban J connectivity index is 2.56. The maximum atomic E-state index is 10.8. The topological polar surface area (TPSA) is 70.4 Å². The van der Waals surface area contributed by atoms with Crippen molar-refractivity contribution in [3.63, 3.8) is 0 Å². The van der Waals surface area contributed by atoms with Crippen molar-refractivity contribution in [3.8, 4) is 0 Å². The van der Waals surface area contributed by atoms with E-state index in [9.17, 15) is 5.21 Å². The van der Waals surface area contributed by atoms with Gasteiger partial charge in [-0.15, -0.1) is 0 Å². The molecule has 3 aromatic rings. The van der Waals surface area contributed by atoms with Crippen LogP contribution in [0, 0.1) is 5.21 Å². The van der Waals surface area contributed by atoms with Crippen LogP contribution in [-0.2, 0) is 0 Å². The van der Waals surface area contributed by atoms with Gasteiger partial charge in [-0.05, 0) is 6.07 Å². The molecule has 0 bridgehead atoms. The number of benzene rings is 1. The SMILES string of the molecule is [O-][NH2+]n1cnc2cnc3ccccc3c21. The molecule has 0 aliphatic heterocycles. The molecular formula is C10H8N4O. The van der Waals surface area contributed by atoms with Gasteiger partial charge < -0.3 is 5.21 Å².